The van der Waals surface area contributed by atoms with Crippen LogP contribution >= 0.6 is 0 Å². The number of phenols is 1. The number of phenolic OH excluding ortho intramolecular Hbond substituents is 1. The fourth-order valence-corrected chi connectivity index (χ4v) is 4.23. The fourth-order valence-electron chi connectivity index (χ4n) is 4.23. The van der Waals surface area contributed by atoms with Crippen molar-refractivity contribution in [1.29, 1.82) is 0 Å². The van der Waals surface area contributed by atoms with Gasteiger partial charge in [-0.1, -0.05) is 36.4 Å². The first-order valence-corrected chi connectivity index (χ1v) is 11.1. The minimum atomic E-state index is -0.625. The van der Waals surface area contributed by atoms with E-state index in [2.05, 4.69) is 20.5 Å². The summed E-state index contributed by atoms with van der Waals surface area (Å²) < 4.78 is 14.7. The quantitative estimate of drug-likeness (QED) is 0.429. The number of carbonyl (C=O) groups is 1. The lowest BCUT2D eigenvalue weighted by Gasteiger charge is -2.34. The van der Waals surface area contributed by atoms with Gasteiger partial charge in [0.25, 0.3) is 5.91 Å². The number of halogens is 1. The molecule has 4 aromatic rings. The summed E-state index contributed by atoms with van der Waals surface area (Å²) >= 11 is 0. The van der Waals surface area contributed by atoms with Gasteiger partial charge in [0.15, 0.2) is 5.65 Å². The van der Waals surface area contributed by atoms with Gasteiger partial charge in [0, 0.05) is 37.3 Å². The number of benzene rings is 2. The van der Waals surface area contributed by atoms with E-state index in [4.69, 9.17) is 0 Å². The molecule has 0 radical (unpaired) electrons. The highest BCUT2D eigenvalue weighted by Crippen LogP contribution is 2.31. The standard InChI is InChI=1S/C26H24FN5O2/c1-16-15-28-11-12-32(16)26(34)20-14-23(19-9-8-18(33)13-21(19)27)29-25-24(20)22(30-31-25)10-7-17-5-3-2-4-6-17/h2-10,13-14,16,28,33H,11-12,15H2,1H3,(H,29,30,31)/b10-7+. The molecule has 1 saturated heterocycles. The van der Waals surface area contributed by atoms with Gasteiger partial charge in [-0.3, -0.25) is 9.89 Å². The third-order valence-corrected chi connectivity index (χ3v) is 6.02. The van der Waals surface area contributed by atoms with Gasteiger partial charge in [-0.2, -0.15) is 5.10 Å². The number of piperazine rings is 1. The lowest BCUT2D eigenvalue weighted by molar-refractivity contribution is 0.0657. The number of nitrogens with one attached hydrogen (secondary N) is 2. The molecule has 5 rings (SSSR count). The van der Waals surface area contributed by atoms with Crippen LogP contribution in [0.1, 0.15) is 28.5 Å². The van der Waals surface area contributed by atoms with E-state index in [1.807, 2.05) is 54.3 Å². The average Bonchev–Trinajstić information content (AvgIpc) is 3.26. The number of hydrogen-bond donors (Lipinski definition) is 3. The second kappa shape index (κ2) is 9.07. The first kappa shape index (κ1) is 21.8. The summed E-state index contributed by atoms with van der Waals surface area (Å²) in [5, 5.41) is 20.8. The van der Waals surface area contributed by atoms with Crippen molar-refractivity contribution < 1.29 is 14.3 Å². The maximum absolute atomic E-state index is 14.7. The molecule has 7 nitrogen and oxygen atoms in total. The van der Waals surface area contributed by atoms with Crippen LogP contribution in [-0.4, -0.2) is 56.8 Å². The van der Waals surface area contributed by atoms with E-state index < -0.39 is 5.82 Å². The fraction of sp³-hybridized carbons (Fsp3) is 0.192. The predicted molar refractivity (Wildman–Crippen MR) is 130 cm³/mol. The third kappa shape index (κ3) is 4.15. The highest BCUT2D eigenvalue weighted by atomic mass is 19.1. The van der Waals surface area contributed by atoms with Gasteiger partial charge in [-0.05, 0) is 36.8 Å². The molecule has 1 aliphatic heterocycles. The summed E-state index contributed by atoms with van der Waals surface area (Å²) in [6, 6.07) is 15.3. The molecule has 3 heterocycles. The molecule has 2 aromatic carbocycles. The van der Waals surface area contributed by atoms with Gasteiger partial charge in [-0.15, -0.1) is 0 Å². The van der Waals surface area contributed by atoms with Crippen LogP contribution in [0.25, 0.3) is 34.4 Å². The molecule has 3 N–H and O–H groups in total. The number of hydrogen-bond acceptors (Lipinski definition) is 5. The predicted octanol–water partition coefficient (Wildman–Crippen LogP) is 4.07. The van der Waals surface area contributed by atoms with Gasteiger partial charge in [0.05, 0.1) is 22.3 Å². The van der Waals surface area contributed by atoms with Crippen molar-refractivity contribution >= 4 is 29.1 Å². The van der Waals surface area contributed by atoms with E-state index in [-0.39, 0.29) is 29.0 Å². The van der Waals surface area contributed by atoms with Crippen molar-refractivity contribution in [3.8, 4) is 17.0 Å². The zero-order valence-electron chi connectivity index (χ0n) is 18.6. The normalized spacial score (nSPS) is 16.4. The molecule has 34 heavy (non-hydrogen) atoms. The van der Waals surface area contributed by atoms with E-state index in [1.165, 1.54) is 12.1 Å². The van der Waals surface area contributed by atoms with E-state index in [9.17, 15) is 14.3 Å². The van der Waals surface area contributed by atoms with Crippen molar-refractivity contribution in [3.05, 3.63) is 77.2 Å². The van der Waals surface area contributed by atoms with Crippen molar-refractivity contribution in [2.45, 2.75) is 13.0 Å². The van der Waals surface area contributed by atoms with E-state index in [0.717, 1.165) is 11.6 Å². The van der Waals surface area contributed by atoms with Gasteiger partial charge in [-0.25, -0.2) is 9.37 Å². The van der Waals surface area contributed by atoms with Crippen LogP contribution in [0.15, 0.2) is 54.6 Å². The van der Waals surface area contributed by atoms with Crippen LogP contribution in [-0.2, 0) is 0 Å². The van der Waals surface area contributed by atoms with Gasteiger partial charge >= 0.3 is 0 Å². The number of aromatic nitrogens is 3. The Morgan fingerprint density at radius 2 is 2.00 bits per heavy atom. The second-order valence-electron chi connectivity index (χ2n) is 8.35. The molecule has 0 saturated carbocycles. The van der Waals surface area contributed by atoms with Gasteiger partial charge in [0.2, 0.25) is 0 Å². The molecule has 1 aliphatic rings. The highest BCUT2D eigenvalue weighted by Gasteiger charge is 2.28. The van der Waals surface area contributed by atoms with Gasteiger partial charge in [0.1, 0.15) is 11.6 Å². The monoisotopic (exact) mass is 457 g/mol. The molecule has 1 atom stereocenters. The molecule has 1 amide bonds. The Bertz CT molecular complexity index is 1380. The number of amides is 1. The van der Waals surface area contributed by atoms with E-state index >= 15 is 0 Å². The maximum atomic E-state index is 14.7. The number of aromatic hydroxyl groups is 1. The Labute approximate surface area is 195 Å². The Kier molecular flexibility index (Phi) is 5.81. The summed E-state index contributed by atoms with van der Waals surface area (Å²) in [6.45, 7) is 3.97. The zero-order chi connectivity index (χ0) is 23.7. The Morgan fingerprint density at radius 3 is 2.76 bits per heavy atom. The first-order chi connectivity index (χ1) is 16.5. The Morgan fingerprint density at radius 1 is 1.18 bits per heavy atom. The molecule has 0 bridgehead atoms. The molecule has 8 heteroatoms. The molecule has 172 valence electrons. The lowest BCUT2D eigenvalue weighted by atomic mass is 10.0. The van der Waals surface area contributed by atoms with Gasteiger partial charge < -0.3 is 15.3 Å². The second-order valence-corrected chi connectivity index (χ2v) is 8.35. The maximum Gasteiger partial charge on any atom is 0.255 e. The summed E-state index contributed by atoms with van der Waals surface area (Å²) in [7, 11) is 0. The molecule has 0 aliphatic carbocycles. The number of H-pyrrole nitrogens is 1. The molecule has 1 fully saturated rings. The SMILES string of the molecule is CC1CNCCN1C(=O)c1cc(-c2ccc(O)cc2F)nc2n[nH]c(/C=C/c3ccccc3)c12. The highest BCUT2D eigenvalue weighted by molar-refractivity contribution is 6.09. The minimum Gasteiger partial charge on any atom is -0.508 e. The van der Waals surface area contributed by atoms with Crippen LogP contribution < -0.4 is 5.32 Å². The van der Waals surface area contributed by atoms with Crippen LogP contribution in [0.5, 0.6) is 5.75 Å². The number of fused-ring (bicyclic) bond motifs is 1. The van der Waals surface area contributed by atoms with Crippen LogP contribution in [0.3, 0.4) is 0 Å². The smallest absolute Gasteiger partial charge is 0.255 e. The number of pyridine rings is 1. The molecule has 0 spiro atoms. The van der Waals surface area contributed by atoms with Crippen LogP contribution in [0.2, 0.25) is 0 Å². The van der Waals surface area contributed by atoms with Crippen molar-refractivity contribution in [2.24, 2.45) is 0 Å². The van der Waals surface area contributed by atoms with Crippen molar-refractivity contribution in [1.82, 2.24) is 25.4 Å². The largest absolute Gasteiger partial charge is 0.508 e. The lowest BCUT2D eigenvalue weighted by Crippen LogP contribution is -2.52. The summed E-state index contributed by atoms with van der Waals surface area (Å²) in [5.74, 6) is -0.959. The number of nitrogens with zero attached hydrogens (tertiary/aromatic N) is 3. The van der Waals surface area contributed by atoms with E-state index in [0.29, 0.717) is 41.9 Å². The van der Waals surface area contributed by atoms with E-state index in [1.54, 1.807) is 6.07 Å². The Balaban J connectivity index is 1.66. The number of carbonyl (C=O) groups excluding carboxylic acids is 1. The van der Waals surface area contributed by atoms with Crippen LogP contribution in [0, 0.1) is 5.82 Å². The molecular formula is C26H24FN5O2. The summed E-state index contributed by atoms with van der Waals surface area (Å²) in [4.78, 5) is 20.1. The zero-order valence-corrected chi connectivity index (χ0v) is 18.6. The van der Waals surface area contributed by atoms with Crippen molar-refractivity contribution in [3.63, 3.8) is 0 Å². The number of aromatic amines is 1. The number of rotatable bonds is 4. The van der Waals surface area contributed by atoms with Crippen molar-refractivity contribution in [2.75, 3.05) is 19.6 Å². The molecule has 1 unspecified atom stereocenters. The summed E-state index contributed by atoms with van der Waals surface area (Å²) in [6.07, 6.45) is 3.80. The Hall–Kier alpha value is -4.04. The topological polar surface area (TPSA) is 94.1 Å². The first-order valence-electron chi connectivity index (χ1n) is 11.1. The minimum absolute atomic E-state index is 0.00790. The molecule has 2 aromatic heterocycles. The third-order valence-electron chi connectivity index (χ3n) is 6.02. The summed E-state index contributed by atoms with van der Waals surface area (Å²) in [5.41, 5.74) is 2.85. The molecular weight excluding hydrogens is 433 g/mol. The average molecular weight is 458 g/mol. The van der Waals surface area contributed by atoms with Crippen LogP contribution in [0.4, 0.5) is 4.39 Å².